The Bertz CT molecular complexity index is 598. The molecule has 1 saturated heterocycles. The zero-order chi connectivity index (χ0) is 16.3. The lowest BCUT2D eigenvalue weighted by atomic mass is 10.0. The molecule has 124 valence electrons. The van der Waals surface area contributed by atoms with Crippen molar-refractivity contribution >= 4 is 15.9 Å². The highest BCUT2D eigenvalue weighted by atomic mass is 32.2. The molecular weight excluding hydrogens is 318 g/mol. The van der Waals surface area contributed by atoms with Crippen molar-refractivity contribution in [3.63, 3.8) is 0 Å². The second kappa shape index (κ2) is 6.69. The normalized spacial score (nSPS) is 17.8. The van der Waals surface area contributed by atoms with Crippen molar-refractivity contribution in [1.82, 2.24) is 19.4 Å². The van der Waals surface area contributed by atoms with Crippen molar-refractivity contribution < 1.29 is 22.0 Å². The predicted molar refractivity (Wildman–Crippen MR) is 75.1 cm³/mol. The van der Waals surface area contributed by atoms with Crippen LogP contribution in [0.1, 0.15) is 23.2 Å². The van der Waals surface area contributed by atoms with Gasteiger partial charge in [-0.15, -0.1) is 0 Å². The van der Waals surface area contributed by atoms with Crippen LogP contribution in [0.3, 0.4) is 0 Å². The summed E-state index contributed by atoms with van der Waals surface area (Å²) in [6.45, 7) is -0.225. The Morgan fingerprint density at radius 2 is 2.14 bits per heavy atom. The Balaban J connectivity index is 2.09. The summed E-state index contributed by atoms with van der Waals surface area (Å²) < 4.78 is 49.8. The number of aromatic nitrogens is 2. The monoisotopic (exact) mass is 336 g/mol. The number of rotatable bonds is 5. The van der Waals surface area contributed by atoms with Crippen LogP contribution < -0.4 is 0 Å². The number of amides is 1. The molecule has 1 amide bonds. The molecule has 0 unspecified atom stereocenters. The fourth-order valence-corrected chi connectivity index (χ4v) is 3.44. The minimum Gasteiger partial charge on any atom is -0.330 e. The van der Waals surface area contributed by atoms with Crippen LogP contribution in [-0.2, 0) is 10.0 Å². The Hall–Kier alpha value is -1.55. The van der Waals surface area contributed by atoms with E-state index in [0.717, 1.165) is 11.2 Å². The maximum atomic E-state index is 12.8. The van der Waals surface area contributed by atoms with E-state index in [0.29, 0.717) is 12.8 Å². The third kappa shape index (κ3) is 4.01. The van der Waals surface area contributed by atoms with Crippen LogP contribution in [0, 0.1) is 0 Å². The zero-order valence-corrected chi connectivity index (χ0v) is 12.9. The molecule has 22 heavy (non-hydrogen) atoms. The van der Waals surface area contributed by atoms with Gasteiger partial charge in [0.25, 0.3) is 12.3 Å². The Morgan fingerprint density at radius 1 is 1.50 bits per heavy atom. The number of alkyl halides is 2. The molecule has 1 fully saturated rings. The molecule has 0 bridgehead atoms. The quantitative estimate of drug-likeness (QED) is 0.850. The summed E-state index contributed by atoms with van der Waals surface area (Å²) in [6, 6.07) is -0.408. The van der Waals surface area contributed by atoms with Crippen molar-refractivity contribution in [1.29, 1.82) is 0 Å². The molecule has 0 saturated carbocycles. The summed E-state index contributed by atoms with van der Waals surface area (Å²) in [5.74, 6) is -0.521. The van der Waals surface area contributed by atoms with E-state index in [2.05, 4.69) is 10.2 Å². The van der Waals surface area contributed by atoms with Gasteiger partial charge in [0.05, 0.1) is 24.6 Å². The Morgan fingerprint density at radius 3 is 2.59 bits per heavy atom. The van der Waals surface area contributed by atoms with Crippen LogP contribution in [0.2, 0.25) is 0 Å². The van der Waals surface area contributed by atoms with Gasteiger partial charge in [-0.3, -0.25) is 9.89 Å². The summed E-state index contributed by atoms with van der Waals surface area (Å²) in [7, 11) is -3.29. The molecule has 2 heterocycles. The number of nitrogens with zero attached hydrogens (tertiary/aromatic N) is 3. The number of hydrogen-bond acceptors (Lipinski definition) is 4. The first-order valence-electron chi connectivity index (χ1n) is 6.82. The minimum absolute atomic E-state index is 0.214. The molecule has 1 aliphatic heterocycles. The number of hydrogen-bond donors (Lipinski definition) is 1. The average Bonchev–Trinajstić information content (AvgIpc) is 2.97. The molecular formula is C12H18F2N4O3S. The number of aromatic amines is 1. The van der Waals surface area contributed by atoms with Gasteiger partial charge in [-0.25, -0.2) is 21.5 Å². The first kappa shape index (κ1) is 16.8. The van der Waals surface area contributed by atoms with Crippen molar-refractivity contribution in [3.05, 3.63) is 18.0 Å². The summed E-state index contributed by atoms with van der Waals surface area (Å²) >= 11 is 0. The molecule has 1 N–H and O–H groups in total. The highest BCUT2D eigenvalue weighted by molar-refractivity contribution is 7.88. The van der Waals surface area contributed by atoms with Crippen molar-refractivity contribution in [3.8, 4) is 0 Å². The maximum absolute atomic E-state index is 12.8. The molecule has 0 aromatic carbocycles. The van der Waals surface area contributed by atoms with Gasteiger partial charge < -0.3 is 4.90 Å². The van der Waals surface area contributed by atoms with Crippen LogP contribution in [-0.4, -0.2) is 72.1 Å². The van der Waals surface area contributed by atoms with Crippen LogP contribution in [0.5, 0.6) is 0 Å². The molecule has 1 aromatic rings. The second-order valence-corrected chi connectivity index (χ2v) is 7.21. The van der Waals surface area contributed by atoms with Gasteiger partial charge in [0, 0.05) is 25.3 Å². The minimum atomic E-state index is -3.29. The Labute approximate surface area is 127 Å². The van der Waals surface area contributed by atoms with Crippen LogP contribution in [0.4, 0.5) is 8.78 Å². The predicted octanol–water partition coefficient (Wildman–Crippen LogP) is 0.541. The molecule has 1 aromatic heterocycles. The highest BCUT2D eigenvalue weighted by Crippen LogP contribution is 2.21. The van der Waals surface area contributed by atoms with E-state index in [1.54, 1.807) is 0 Å². The van der Waals surface area contributed by atoms with E-state index in [1.165, 1.54) is 16.7 Å². The van der Waals surface area contributed by atoms with Gasteiger partial charge in [0.2, 0.25) is 10.0 Å². The molecule has 10 heteroatoms. The number of nitrogens with one attached hydrogen (secondary N) is 1. The van der Waals surface area contributed by atoms with E-state index in [9.17, 15) is 22.0 Å². The lowest BCUT2D eigenvalue weighted by molar-refractivity contribution is 0.0358. The molecule has 1 aliphatic rings. The van der Waals surface area contributed by atoms with Crippen LogP contribution >= 0.6 is 0 Å². The second-order valence-electron chi connectivity index (χ2n) is 5.23. The topological polar surface area (TPSA) is 86.4 Å². The molecule has 0 radical (unpaired) electrons. The van der Waals surface area contributed by atoms with Crippen molar-refractivity contribution in [2.24, 2.45) is 0 Å². The molecule has 0 spiro atoms. The SMILES string of the molecule is CS(=O)(=O)N1CCC(N(CC(F)F)C(=O)c2cn[nH]c2)CC1. The molecule has 7 nitrogen and oxygen atoms in total. The largest absolute Gasteiger partial charge is 0.330 e. The zero-order valence-electron chi connectivity index (χ0n) is 12.1. The van der Waals surface area contributed by atoms with Gasteiger partial charge in [0.15, 0.2) is 0 Å². The van der Waals surface area contributed by atoms with Crippen LogP contribution in [0.25, 0.3) is 0 Å². The number of halogens is 2. The number of H-pyrrole nitrogens is 1. The van der Waals surface area contributed by atoms with E-state index in [1.807, 2.05) is 0 Å². The lowest BCUT2D eigenvalue weighted by Gasteiger charge is -2.37. The Kier molecular flexibility index (Phi) is 5.12. The van der Waals surface area contributed by atoms with Crippen molar-refractivity contribution in [2.75, 3.05) is 25.9 Å². The van der Waals surface area contributed by atoms with Gasteiger partial charge in [0.1, 0.15) is 0 Å². The van der Waals surface area contributed by atoms with E-state index in [-0.39, 0.29) is 18.7 Å². The molecule has 2 rings (SSSR count). The van der Waals surface area contributed by atoms with E-state index in [4.69, 9.17) is 0 Å². The lowest BCUT2D eigenvalue weighted by Crippen LogP contribution is -2.49. The first-order valence-corrected chi connectivity index (χ1v) is 8.67. The fraction of sp³-hybridized carbons (Fsp3) is 0.667. The van der Waals surface area contributed by atoms with E-state index < -0.39 is 34.9 Å². The van der Waals surface area contributed by atoms with Crippen molar-refractivity contribution in [2.45, 2.75) is 25.3 Å². The van der Waals surface area contributed by atoms with Gasteiger partial charge >= 0.3 is 0 Å². The number of sulfonamides is 1. The first-order chi connectivity index (χ1) is 10.3. The summed E-state index contributed by atoms with van der Waals surface area (Å²) in [5.41, 5.74) is 0.214. The fourth-order valence-electron chi connectivity index (χ4n) is 2.57. The summed E-state index contributed by atoms with van der Waals surface area (Å²) in [6.07, 6.45) is 1.77. The molecule has 0 atom stereocenters. The summed E-state index contributed by atoms with van der Waals surface area (Å²) in [4.78, 5) is 13.4. The number of piperidine rings is 1. The maximum Gasteiger partial charge on any atom is 0.257 e. The smallest absolute Gasteiger partial charge is 0.257 e. The van der Waals surface area contributed by atoms with Gasteiger partial charge in [-0.05, 0) is 12.8 Å². The highest BCUT2D eigenvalue weighted by Gasteiger charge is 2.32. The third-order valence-corrected chi connectivity index (χ3v) is 4.98. The summed E-state index contributed by atoms with van der Waals surface area (Å²) in [5, 5.41) is 6.12. The van der Waals surface area contributed by atoms with E-state index >= 15 is 0 Å². The van der Waals surface area contributed by atoms with Gasteiger partial charge in [-0.2, -0.15) is 5.10 Å². The van der Waals surface area contributed by atoms with Crippen LogP contribution in [0.15, 0.2) is 12.4 Å². The average molecular weight is 336 g/mol. The number of carbonyl (C=O) groups is 1. The van der Waals surface area contributed by atoms with Gasteiger partial charge in [-0.1, -0.05) is 0 Å². The molecule has 0 aliphatic carbocycles. The standard InChI is InChI=1S/C12H18F2N4O3S/c1-22(20,21)17-4-2-10(3-5-17)18(8-11(13)14)12(19)9-6-15-16-7-9/h6-7,10-11H,2-5,8H2,1H3,(H,15,16). The number of carbonyl (C=O) groups excluding carboxylic acids is 1. The third-order valence-electron chi connectivity index (χ3n) is 3.67.